The smallest absolute Gasteiger partial charge is 0.137 e. The summed E-state index contributed by atoms with van der Waals surface area (Å²) >= 11 is 6.08. The van der Waals surface area contributed by atoms with E-state index in [1.165, 1.54) is 0 Å². The molecule has 4 heteroatoms. The number of anilines is 1. The lowest BCUT2D eigenvalue weighted by Gasteiger charge is -2.36. The average molecular weight is 242 g/mol. The van der Waals surface area contributed by atoms with Gasteiger partial charge in [-0.05, 0) is 34.1 Å². The minimum Gasteiger partial charge on any atom is -0.354 e. The summed E-state index contributed by atoms with van der Waals surface area (Å²) in [6.07, 6.45) is 1.05. The molecule has 0 aromatic carbocycles. The molecule has 1 aromatic heterocycles. The van der Waals surface area contributed by atoms with Gasteiger partial charge in [0, 0.05) is 18.2 Å². The first-order valence-corrected chi connectivity index (χ1v) is 5.92. The molecule has 0 saturated heterocycles. The van der Waals surface area contributed by atoms with E-state index in [-0.39, 0.29) is 5.54 Å². The number of aromatic nitrogens is 2. The Labute approximate surface area is 103 Å². The Kier molecular flexibility index (Phi) is 3.79. The fourth-order valence-electron chi connectivity index (χ4n) is 1.43. The second-order valence-corrected chi connectivity index (χ2v) is 5.09. The molecular formula is C12H20ClN3. The van der Waals surface area contributed by atoms with Crippen LogP contribution < -0.4 is 4.90 Å². The van der Waals surface area contributed by atoms with Gasteiger partial charge in [-0.1, -0.05) is 18.5 Å². The molecule has 0 radical (unpaired) electrons. The Balaban J connectivity index is 3.23. The molecule has 0 aliphatic carbocycles. The number of rotatable bonds is 3. The van der Waals surface area contributed by atoms with Crippen molar-refractivity contribution in [2.24, 2.45) is 0 Å². The molecular weight excluding hydrogens is 222 g/mol. The quantitative estimate of drug-likeness (QED) is 0.760. The highest BCUT2D eigenvalue weighted by Crippen LogP contribution is 2.28. The summed E-state index contributed by atoms with van der Waals surface area (Å²) in [5.41, 5.74) is 1.01. The summed E-state index contributed by atoms with van der Waals surface area (Å²) in [7, 11) is 2.05. The molecule has 1 heterocycles. The Morgan fingerprint density at radius 1 is 1.25 bits per heavy atom. The molecule has 16 heavy (non-hydrogen) atoms. The second-order valence-electron chi connectivity index (χ2n) is 4.74. The lowest BCUT2D eigenvalue weighted by molar-refractivity contribution is 0.466. The van der Waals surface area contributed by atoms with E-state index >= 15 is 0 Å². The summed E-state index contributed by atoms with van der Waals surface area (Å²) in [6.45, 7) is 10.4. The average Bonchev–Trinajstić information content (AvgIpc) is 2.22. The van der Waals surface area contributed by atoms with Crippen LogP contribution in [0.3, 0.4) is 0 Å². The van der Waals surface area contributed by atoms with Crippen LogP contribution in [0.25, 0.3) is 0 Å². The highest BCUT2D eigenvalue weighted by molar-refractivity contribution is 6.30. The molecule has 0 spiro atoms. The lowest BCUT2D eigenvalue weighted by Crippen LogP contribution is -2.41. The third-order valence-electron chi connectivity index (χ3n) is 3.26. The number of nitrogens with zero attached hydrogens (tertiary/aromatic N) is 3. The molecule has 0 bridgehead atoms. The second kappa shape index (κ2) is 4.58. The fraction of sp³-hybridized carbons (Fsp3) is 0.667. The van der Waals surface area contributed by atoms with Crippen LogP contribution in [-0.4, -0.2) is 22.6 Å². The highest BCUT2D eigenvalue weighted by Gasteiger charge is 2.24. The van der Waals surface area contributed by atoms with E-state index in [0.29, 0.717) is 11.0 Å². The molecule has 0 aliphatic heterocycles. The number of hydrogen-bond donors (Lipinski definition) is 0. The molecule has 0 N–H and O–H groups in total. The van der Waals surface area contributed by atoms with Crippen LogP contribution in [0, 0.1) is 13.8 Å². The third kappa shape index (κ3) is 2.46. The van der Waals surface area contributed by atoms with Gasteiger partial charge in [0.25, 0.3) is 0 Å². The van der Waals surface area contributed by atoms with Gasteiger partial charge in [-0.15, -0.1) is 0 Å². The van der Waals surface area contributed by atoms with Gasteiger partial charge in [0.15, 0.2) is 0 Å². The van der Waals surface area contributed by atoms with Crippen molar-refractivity contribution in [3.63, 3.8) is 0 Å². The molecule has 1 aromatic rings. The zero-order chi connectivity index (χ0) is 12.5. The Morgan fingerprint density at radius 3 is 2.31 bits per heavy atom. The standard InChI is InChI=1S/C12H20ClN3/c1-7-12(4,5)16(6)11-8(2)10(13)14-9(3)15-11/h7H2,1-6H3. The predicted octanol–water partition coefficient (Wildman–Crippen LogP) is 3.37. The molecule has 0 saturated carbocycles. The molecule has 1 rings (SSSR count). The summed E-state index contributed by atoms with van der Waals surface area (Å²) in [4.78, 5) is 10.8. The van der Waals surface area contributed by atoms with E-state index in [0.717, 1.165) is 17.8 Å². The van der Waals surface area contributed by atoms with Crippen LogP contribution in [0.2, 0.25) is 5.15 Å². The maximum Gasteiger partial charge on any atom is 0.137 e. The Hall–Kier alpha value is -0.830. The first-order valence-electron chi connectivity index (χ1n) is 5.54. The summed E-state index contributed by atoms with van der Waals surface area (Å²) in [5, 5.41) is 0.543. The first kappa shape index (κ1) is 13.2. The van der Waals surface area contributed by atoms with Crippen molar-refractivity contribution in [2.45, 2.75) is 46.6 Å². The molecule has 3 nitrogen and oxygen atoms in total. The monoisotopic (exact) mass is 241 g/mol. The van der Waals surface area contributed by atoms with Gasteiger partial charge in [0.05, 0.1) is 0 Å². The summed E-state index contributed by atoms with van der Waals surface area (Å²) in [6, 6.07) is 0. The van der Waals surface area contributed by atoms with E-state index < -0.39 is 0 Å². The van der Waals surface area contributed by atoms with Gasteiger partial charge >= 0.3 is 0 Å². The van der Waals surface area contributed by atoms with E-state index in [1.54, 1.807) is 0 Å². The number of halogens is 1. The molecule has 0 atom stereocenters. The maximum atomic E-state index is 6.08. The van der Waals surface area contributed by atoms with Crippen LogP contribution >= 0.6 is 11.6 Å². The van der Waals surface area contributed by atoms with Crippen molar-refractivity contribution < 1.29 is 0 Å². The highest BCUT2D eigenvalue weighted by atomic mass is 35.5. The van der Waals surface area contributed by atoms with E-state index in [2.05, 4.69) is 42.7 Å². The van der Waals surface area contributed by atoms with Crippen LogP contribution in [0.5, 0.6) is 0 Å². The van der Waals surface area contributed by atoms with Gasteiger partial charge in [0.2, 0.25) is 0 Å². The largest absolute Gasteiger partial charge is 0.354 e. The van der Waals surface area contributed by atoms with E-state index in [1.807, 2.05) is 13.8 Å². The third-order valence-corrected chi connectivity index (χ3v) is 3.63. The van der Waals surface area contributed by atoms with Gasteiger partial charge in [-0.25, -0.2) is 9.97 Å². The molecule has 90 valence electrons. The Bertz CT molecular complexity index is 388. The Morgan fingerprint density at radius 2 is 1.81 bits per heavy atom. The van der Waals surface area contributed by atoms with Gasteiger partial charge < -0.3 is 4.90 Å². The van der Waals surface area contributed by atoms with Gasteiger partial charge in [-0.2, -0.15) is 0 Å². The van der Waals surface area contributed by atoms with Gasteiger partial charge in [0.1, 0.15) is 16.8 Å². The zero-order valence-corrected chi connectivity index (χ0v) is 11.7. The summed E-state index contributed by atoms with van der Waals surface area (Å²) < 4.78 is 0. The van der Waals surface area contributed by atoms with E-state index in [4.69, 9.17) is 11.6 Å². The maximum absolute atomic E-state index is 6.08. The van der Waals surface area contributed by atoms with Crippen molar-refractivity contribution in [1.29, 1.82) is 0 Å². The van der Waals surface area contributed by atoms with Crippen LogP contribution in [-0.2, 0) is 0 Å². The normalized spacial score (nSPS) is 11.7. The zero-order valence-electron chi connectivity index (χ0n) is 10.9. The fourth-order valence-corrected chi connectivity index (χ4v) is 1.64. The number of hydrogen-bond acceptors (Lipinski definition) is 3. The van der Waals surface area contributed by atoms with Crippen molar-refractivity contribution in [3.8, 4) is 0 Å². The molecule has 0 amide bonds. The number of aryl methyl sites for hydroxylation is 1. The molecule has 0 fully saturated rings. The predicted molar refractivity (Wildman–Crippen MR) is 69.3 cm³/mol. The minimum absolute atomic E-state index is 0.0644. The van der Waals surface area contributed by atoms with Crippen LogP contribution in [0.1, 0.15) is 38.6 Å². The van der Waals surface area contributed by atoms with Crippen molar-refractivity contribution >= 4 is 17.4 Å². The molecule has 0 aliphatic rings. The van der Waals surface area contributed by atoms with Gasteiger partial charge in [-0.3, -0.25) is 0 Å². The van der Waals surface area contributed by atoms with Crippen molar-refractivity contribution in [1.82, 2.24) is 9.97 Å². The van der Waals surface area contributed by atoms with Crippen LogP contribution in [0.4, 0.5) is 5.82 Å². The van der Waals surface area contributed by atoms with Crippen LogP contribution in [0.15, 0.2) is 0 Å². The first-order chi connectivity index (χ1) is 7.29. The summed E-state index contributed by atoms with van der Waals surface area (Å²) in [5.74, 6) is 1.63. The lowest BCUT2D eigenvalue weighted by atomic mass is 9.99. The van der Waals surface area contributed by atoms with Crippen molar-refractivity contribution in [3.05, 3.63) is 16.5 Å². The van der Waals surface area contributed by atoms with E-state index in [9.17, 15) is 0 Å². The molecule has 0 unspecified atom stereocenters. The SMILES string of the molecule is CCC(C)(C)N(C)c1nc(C)nc(Cl)c1C. The minimum atomic E-state index is 0.0644. The topological polar surface area (TPSA) is 29.0 Å². The van der Waals surface area contributed by atoms with Crippen molar-refractivity contribution in [2.75, 3.05) is 11.9 Å².